The van der Waals surface area contributed by atoms with Crippen LogP contribution in [0.3, 0.4) is 0 Å². The van der Waals surface area contributed by atoms with Crippen LogP contribution in [0.25, 0.3) is 11.0 Å². The van der Waals surface area contributed by atoms with Crippen LogP contribution in [-0.2, 0) is 0 Å². The second-order valence-electron chi connectivity index (χ2n) is 8.30. The van der Waals surface area contributed by atoms with E-state index in [1.165, 1.54) is 39.3 Å². The summed E-state index contributed by atoms with van der Waals surface area (Å²) in [5, 5.41) is 13.7. The maximum absolute atomic E-state index is 4.92. The minimum absolute atomic E-state index is 0.439. The molecule has 1 N–H and O–H groups in total. The predicted molar refractivity (Wildman–Crippen MR) is 127 cm³/mol. The van der Waals surface area contributed by atoms with E-state index in [2.05, 4.69) is 63.6 Å². The molecule has 1 fully saturated rings. The van der Waals surface area contributed by atoms with E-state index < -0.39 is 21.1 Å². The van der Waals surface area contributed by atoms with Gasteiger partial charge in [-0.3, -0.25) is 0 Å². The van der Waals surface area contributed by atoms with Crippen LogP contribution in [0.5, 0.6) is 0 Å². The van der Waals surface area contributed by atoms with Crippen molar-refractivity contribution in [2.45, 2.75) is 51.4 Å². The molecule has 4 heterocycles. The molecule has 0 aliphatic heterocycles. The summed E-state index contributed by atoms with van der Waals surface area (Å²) in [6.45, 7) is 4.34. The molecule has 156 valence electrons. The first-order chi connectivity index (χ1) is 15.1. The van der Waals surface area contributed by atoms with E-state index in [0.717, 1.165) is 26.1 Å². The Hall–Kier alpha value is -2.13. The molecule has 4 aromatic heterocycles. The average molecular weight is 535 g/mol. The van der Waals surface area contributed by atoms with Crippen LogP contribution >= 0.6 is 11.3 Å². The molecule has 1 aliphatic rings. The molecule has 2 radical (unpaired) electrons. The predicted octanol–water partition coefficient (Wildman–Crippen LogP) is 4.06. The Morgan fingerprint density at radius 2 is 1.84 bits per heavy atom. The summed E-state index contributed by atoms with van der Waals surface area (Å²) in [6, 6.07) is 8.39. The number of rotatable bonds is 6. The molecule has 8 heteroatoms. The molecule has 0 saturated heterocycles. The number of pyridine rings is 3. The Morgan fingerprint density at radius 1 is 1.00 bits per heavy atom. The van der Waals surface area contributed by atoms with Gasteiger partial charge in [0.05, 0.1) is 0 Å². The fraction of sp³-hybridized carbons (Fsp3) is 0.348. The van der Waals surface area contributed by atoms with Crippen LogP contribution in [-0.4, -0.2) is 46.3 Å². The molecule has 5 rings (SSSR count). The van der Waals surface area contributed by atoms with Crippen molar-refractivity contribution in [1.29, 1.82) is 0 Å². The van der Waals surface area contributed by atoms with Gasteiger partial charge in [-0.1, -0.05) is 0 Å². The second-order valence-corrected chi connectivity index (χ2v) is 13.9. The van der Waals surface area contributed by atoms with Crippen molar-refractivity contribution >= 4 is 61.6 Å². The molecule has 0 bridgehead atoms. The van der Waals surface area contributed by atoms with Crippen LogP contribution < -0.4 is 12.1 Å². The van der Waals surface area contributed by atoms with Crippen LogP contribution in [0.1, 0.15) is 61.9 Å². The first-order valence-electron chi connectivity index (χ1n) is 10.7. The van der Waals surface area contributed by atoms with Crippen molar-refractivity contribution < 1.29 is 0 Å². The van der Waals surface area contributed by atoms with Gasteiger partial charge in [-0.05, 0) is 0 Å². The zero-order chi connectivity index (χ0) is 21.2. The van der Waals surface area contributed by atoms with Crippen LogP contribution in [0, 0.1) is 0 Å². The summed E-state index contributed by atoms with van der Waals surface area (Å²) in [5.74, 6) is 1.07. The van der Waals surface area contributed by atoms with Crippen molar-refractivity contribution in [2.24, 2.45) is 0 Å². The van der Waals surface area contributed by atoms with Gasteiger partial charge in [0.2, 0.25) is 0 Å². The average Bonchev–Trinajstić information content (AvgIpc) is 3.46. The normalized spacial score (nSPS) is 14.5. The number of hydrogen-bond acceptors (Lipinski definition) is 7. The topological polar surface area (TPSA) is 76.5 Å². The molecule has 0 atom stereocenters. The quantitative estimate of drug-likeness (QED) is 0.376. The van der Waals surface area contributed by atoms with Crippen LogP contribution in [0.4, 0.5) is 11.4 Å². The Morgan fingerprint density at radius 3 is 2.68 bits per heavy atom. The van der Waals surface area contributed by atoms with Crippen molar-refractivity contribution in [3.8, 4) is 0 Å². The molecular weight excluding hydrogens is 511 g/mol. The standard InChI is InChI=1S/C16H15N4.C7H9N2S.Sn/c1-11(2)12-6-13(9-17-8-12)20-14-7-16-15(19-10-14)4-3-5-18-16;1-2-4-6(3-1)7-9-8-5-10-7;/h3-4,6-11,20H,1-2H3;6H,1-4H2;. The van der Waals surface area contributed by atoms with E-state index in [4.69, 9.17) is 4.98 Å². The summed E-state index contributed by atoms with van der Waals surface area (Å²) in [6.07, 6.45) is 10.8. The van der Waals surface area contributed by atoms with Crippen LogP contribution in [0.15, 0.2) is 42.9 Å². The van der Waals surface area contributed by atoms with E-state index >= 15 is 0 Å². The summed E-state index contributed by atoms with van der Waals surface area (Å²) in [7, 11) is 0. The third-order valence-electron chi connectivity index (χ3n) is 5.63. The summed E-state index contributed by atoms with van der Waals surface area (Å²) in [4.78, 5) is 13.9. The molecule has 0 amide bonds. The van der Waals surface area contributed by atoms with Gasteiger partial charge in [0.15, 0.2) is 0 Å². The molecular formula is C23H24N6SSn. The molecule has 1 aliphatic carbocycles. The monoisotopic (exact) mass is 536 g/mol. The van der Waals surface area contributed by atoms with E-state index in [1.807, 2.05) is 29.9 Å². The van der Waals surface area contributed by atoms with Gasteiger partial charge in [-0.25, -0.2) is 0 Å². The third-order valence-corrected chi connectivity index (χ3v) is 10.5. The number of nitrogens with one attached hydrogen (secondary N) is 1. The fourth-order valence-electron chi connectivity index (χ4n) is 3.89. The summed E-state index contributed by atoms with van der Waals surface area (Å²) in [5.41, 5.74) is 4.92. The Kier molecular flexibility index (Phi) is 6.13. The second kappa shape index (κ2) is 9.16. The third kappa shape index (κ3) is 4.87. The van der Waals surface area contributed by atoms with Gasteiger partial charge in [-0.15, -0.1) is 0 Å². The van der Waals surface area contributed by atoms with Gasteiger partial charge < -0.3 is 0 Å². The molecule has 4 aromatic rings. The number of nitrogens with zero attached hydrogens (tertiary/aromatic N) is 5. The maximum atomic E-state index is 4.92. The Bertz CT molecular complexity index is 1200. The molecule has 6 nitrogen and oxygen atoms in total. The number of fused-ring (bicyclic) bond motifs is 1. The first-order valence-corrected chi connectivity index (χ1v) is 14.4. The van der Waals surface area contributed by atoms with Gasteiger partial charge in [0.1, 0.15) is 0 Å². The van der Waals surface area contributed by atoms with Gasteiger partial charge in [0.25, 0.3) is 0 Å². The first kappa shape index (κ1) is 20.8. The van der Waals surface area contributed by atoms with Crippen molar-refractivity contribution in [3.63, 3.8) is 0 Å². The number of aromatic nitrogens is 5. The van der Waals surface area contributed by atoms with E-state index in [-0.39, 0.29) is 0 Å². The van der Waals surface area contributed by atoms with Gasteiger partial charge in [0, 0.05) is 0 Å². The van der Waals surface area contributed by atoms with Gasteiger partial charge >= 0.3 is 197 Å². The molecule has 31 heavy (non-hydrogen) atoms. The van der Waals surface area contributed by atoms with Crippen LogP contribution in [0.2, 0.25) is 0 Å². The molecule has 1 saturated carbocycles. The minimum atomic E-state index is -1.06. The number of hydrogen-bond donors (Lipinski definition) is 1. The Labute approximate surface area is 196 Å². The van der Waals surface area contributed by atoms with Gasteiger partial charge in [-0.2, -0.15) is 0 Å². The molecule has 0 spiro atoms. The van der Waals surface area contributed by atoms with E-state index in [0.29, 0.717) is 11.8 Å². The zero-order valence-corrected chi connectivity index (χ0v) is 21.3. The summed E-state index contributed by atoms with van der Waals surface area (Å²) >= 11 is 0.757. The summed E-state index contributed by atoms with van der Waals surface area (Å²) < 4.78 is 2.36. The van der Waals surface area contributed by atoms with Crippen molar-refractivity contribution in [2.75, 3.05) is 5.32 Å². The number of anilines is 2. The zero-order valence-electron chi connectivity index (χ0n) is 17.7. The SMILES string of the molecule is CC(C)c1cncc(Nc2cnc3cc[c]([Sn][c]4nnc(C5CCCC5)s4)nc3c2)c1. The molecule has 0 aromatic carbocycles. The van der Waals surface area contributed by atoms with Crippen molar-refractivity contribution in [3.05, 3.63) is 53.4 Å². The molecule has 0 unspecified atom stereocenters. The van der Waals surface area contributed by atoms with Crippen molar-refractivity contribution in [1.82, 2.24) is 25.1 Å². The fourth-order valence-corrected chi connectivity index (χ4v) is 8.62. The van der Waals surface area contributed by atoms with E-state index in [9.17, 15) is 0 Å². The Balaban J connectivity index is 1.35. The van der Waals surface area contributed by atoms with E-state index in [1.54, 1.807) is 0 Å².